The van der Waals surface area contributed by atoms with Gasteiger partial charge in [0.15, 0.2) is 0 Å². The first-order chi connectivity index (χ1) is 12.0. The largest absolute Gasteiger partial charge is 0.453 e. The zero-order chi connectivity index (χ0) is 18.2. The number of aromatic nitrogens is 2. The van der Waals surface area contributed by atoms with E-state index >= 15 is 0 Å². The maximum absolute atomic E-state index is 12.1. The molecule has 1 N–H and O–H groups in total. The van der Waals surface area contributed by atoms with Gasteiger partial charge in [0.25, 0.3) is 5.89 Å². The van der Waals surface area contributed by atoms with Gasteiger partial charge in [-0.1, -0.05) is 6.07 Å². The van der Waals surface area contributed by atoms with Crippen LogP contribution in [0.15, 0.2) is 21.9 Å². The van der Waals surface area contributed by atoms with Crippen LogP contribution in [0, 0.1) is 0 Å². The molecule has 0 aliphatic rings. The molecule has 0 spiro atoms. The van der Waals surface area contributed by atoms with Crippen LogP contribution in [0.3, 0.4) is 0 Å². The average molecular weight is 368 g/mol. The molecule has 136 valence electrons. The summed E-state index contributed by atoms with van der Waals surface area (Å²) in [6.45, 7) is 2.77. The highest BCUT2D eigenvalue weighted by Crippen LogP contribution is 2.23. The maximum atomic E-state index is 12.1. The molecule has 0 saturated carbocycles. The third-order valence-electron chi connectivity index (χ3n) is 3.46. The van der Waals surface area contributed by atoms with Gasteiger partial charge in [-0.25, -0.2) is 4.79 Å². The highest BCUT2D eigenvalue weighted by Gasteiger charge is 2.25. The molecule has 10 heteroatoms. The Hall–Kier alpha value is -2.30. The monoisotopic (exact) mass is 368 g/mol. The molecule has 1 atom stereocenters. The number of alkyl carbamates (subject to hydrolysis) is 1. The quantitative estimate of drug-likeness (QED) is 0.747. The normalized spacial score (nSPS) is 12.2. The topological polar surface area (TPSA) is 107 Å². The van der Waals surface area contributed by atoms with Crippen molar-refractivity contribution in [3.63, 3.8) is 0 Å². The van der Waals surface area contributed by atoms with Gasteiger partial charge in [0.05, 0.1) is 31.2 Å². The van der Waals surface area contributed by atoms with E-state index in [0.29, 0.717) is 24.9 Å². The number of carbonyl (C=O) groups excluding carboxylic acids is 2. The SMILES string of the molecule is COCCN(Cc1nnc(-c2cccs2)o1)[C@H](C)C(=O)NC(=O)OC. The minimum atomic E-state index is -0.804. The first-order valence-electron chi connectivity index (χ1n) is 7.53. The van der Waals surface area contributed by atoms with E-state index in [2.05, 4.69) is 20.3 Å². The van der Waals surface area contributed by atoms with Crippen molar-refractivity contribution in [3.05, 3.63) is 23.4 Å². The lowest BCUT2D eigenvalue weighted by atomic mass is 10.2. The van der Waals surface area contributed by atoms with Gasteiger partial charge in [-0.2, -0.15) is 0 Å². The number of amides is 2. The van der Waals surface area contributed by atoms with Gasteiger partial charge < -0.3 is 13.9 Å². The summed E-state index contributed by atoms with van der Waals surface area (Å²) < 4.78 is 15.2. The predicted octanol–water partition coefficient (Wildman–Crippen LogP) is 1.52. The molecule has 0 fully saturated rings. The molecule has 0 radical (unpaired) electrons. The molecular formula is C15H20N4O5S. The summed E-state index contributed by atoms with van der Waals surface area (Å²) in [4.78, 5) is 26.0. The van der Waals surface area contributed by atoms with Gasteiger partial charge in [-0.05, 0) is 18.4 Å². The van der Waals surface area contributed by atoms with Crippen LogP contribution in [0.5, 0.6) is 0 Å². The molecule has 2 rings (SSSR count). The van der Waals surface area contributed by atoms with Crippen LogP contribution in [-0.2, 0) is 20.8 Å². The van der Waals surface area contributed by atoms with Crippen LogP contribution < -0.4 is 5.32 Å². The molecule has 0 aliphatic heterocycles. The second-order valence-corrected chi connectivity index (χ2v) is 6.05. The highest BCUT2D eigenvalue weighted by atomic mass is 32.1. The summed E-state index contributed by atoms with van der Waals surface area (Å²) in [6.07, 6.45) is -0.804. The Morgan fingerprint density at radius 3 is 2.84 bits per heavy atom. The minimum Gasteiger partial charge on any atom is -0.453 e. The number of ether oxygens (including phenoxy) is 2. The van der Waals surface area contributed by atoms with Crippen LogP contribution in [0.2, 0.25) is 0 Å². The van der Waals surface area contributed by atoms with Crippen molar-refractivity contribution in [1.82, 2.24) is 20.4 Å². The van der Waals surface area contributed by atoms with Gasteiger partial charge in [-0.3, -0.25) is 15.0 Å². The lowest BCUT2D eigenvalue weighted by molar-refractivity contribution is -0.125. The Labute approximate surface area is 148 Å². The fraction of sp³-hybridized carbons (Fsp3) is 0.467. The number of hydrogen-bond donors (Lipinski definition) is 1. The van der Waals surface area contributed by atoms with Gasteiger partial charge in [0, 0.05) is 13.7 Å². The smallest absolute Gasteiger partial charge is 0.413 e. The molecule has 0 aliphatic carbocycles. The van der Waals surface area contributed by atoms with Crippen molar-refractivity contribution in [1.29, 1.82) is 0 Å². The molecule has 2 aromatic heterocycles. The van der Waals surface area contributed by atoms with Crippen LogP contribution in [0.25, 0.3) is 10.8 Å². The van der Waals surface area contributed by atoms with Gasteiger partial charge >= 0.3 is 6.09 Å². The second kappa shape index (κ2) is 9.25. The van der Waals surface area contributed by atoms with E-state index in [1.807, 2.05) is 17.5 Å². The van der Waals surface area contributed by atoms with Crippen molar-refractivity contribution < 1.29 is 23.5 Å². The van der Waals surface area contributed by atoms with Gasteiger partial charge in [-0.15, -0.1) is 21.5 Å². The number of hydrogen-bond acceptors (Lipinski definition) is 9. The molecule has 0 unspecified atom stereocenters. The lowest BCUT2D eigenvalue weighted by Gasteiger charge is -2.26. The number of methoxy groups -OCH3 is 2. The van der Waals surface area contributed by atoms with Crippen molar-refractivity contribution in [2.45, 2.75) is 19.5 Å². The zero-order valence-electron chi connectivity index (χ0n) is 14.2. The van der Waals surface area contributed by atoms with E-state index in [-0.39, 0.29) is 6.54 Å². The molecule has 0 bridgehead atoms. The molecule has 2 heterocycles. The number of thiophene rings is 1. The van der Waals surface area contributed by atoms with E-state index in [9.17, 15) is 9.59 Å². The Balaban J connectivity index is 2.06. The van der Waals surface area contributed by atoms with E-state index in [0.717, 1.165) is 4.88 Å². The average Bonchev–Trinajstić information content (AvgIpc) is 3.28. The van der Waals surface area contributed by atoms with E-state index in [1.54, 1.807) is 18.9 Å². The number of nitrogens with one attached hydrogen (secondary N) is 1. The number of nitrogens with zero attached hydrogens (tertiary/aromatic N) is 3. The molecule has 2 amide bonds. The Bertz CT molecular complexity index is 688. The third kappa shape index (κ3) is 5.34. The summed E-state index contributed by atoms with van der Waals surface area (Å²) >= 11 is 1.50. The zero-order valence-corrected chi connectivity index (χ0v) is 15.0. The molecule has 9 nitrogen and oxygen atoms in total. The van der Waals surface area contributed by atoms with Crippen LogP contribution >= 0.6 is 11.3 Å². The predicted molar refractivity (Wildman–Crippen MR) is 89.9 cm³/mol. The summed E-state index contributed by atoms with van der Waals surface area (Å²) in [7, 11) is 2.76. The maximum Gasteiger partial charge on any atom is 0.413 e. The van der Waals surface area contributed by atoms with E-state index in [4.69, 9.17) is 9.15 Å². The van der Waals surface area contributed by atoms with E-state index in [1.165, 1.54) is 18.4 Å². The minimum absolute atomic E-state index is 0.248. The summed E-state index contributed by atoms with van der Waals surface area (Å²) in [5.41, 5.74) is 0. The van der Waals surface area contributed by atoms with Crippen LogP contribution in [0.4, 0.5) is 4.79 Å². The standard InChI is InChI=1S/C15H20N4O5S/c1-10(13(20)16-15(21)23-3)19(6-7-22-2)9-12-17-18-14(24-12)11-5-4-8-25-11/h4-5,8,10H,6-7,9H2,1-3H3,(H,16,20,21)/t10-/m1/s1. The summed E-state index contributed by atoms with van der Waals surface area (Å²) in [5.74, 6) is 0.321. The number of carbonyl (C=O) groups is 2. The molecular weight excluding hydrogens is 348 g/mol. The number of rotatable bonds is 8. The number of imide groups is 1. The summed E-state index contributed by atoms with van der Waals surface area (Å²) in [5, 5.41) is 12.1. The van der Waals surface area contributed by atoms with Crippen molar-refractivity contribution >= 4 is 23.3 Å². The Kier molecular flexibility index (Phi) is 7.04. The molecule has 0 aromatic carbocycles. The Morgan fingerprint density at radius 1 is 1.40 bits per heavy atom. The Morgan fingerprint density at radius 2 is 2.20 bits per heavy atom. The fourth-order valence-electron chi connectivity index (χ4n) is 2.03. The fourth-order valence-corrected chi connectivity index (χ4v) is 2.68. The molecule has 0 saturated heterocycles. The van der Waals surface area contributed by atoms with Crippen LogP contribution in [0.1, 0.15) is 12.8 Å². The third-order valence-corrected chi connectivity index (χ3v) is 4.32. The van der Waals surface area contributed by atoms with Gasteiger partial charge in [0.1, 0.15) is 0 Å². The molecule has 25 heavy (non-hydrogen) atoms. The van der Waals surface area contributed by atoms with Crippen molar-refractivity contribution in [3.8, 4) is 10.8 Å². The van der Waals surface area contributed by atoms with Crippen molar-refractivity contribution in [2.75, 3.05) is 27.4 Å². The van der Waals surface area contributed by atoms with Crippen molar-refractivity contribution in [2.24, 2.45) is 0 Å². The first kappa shape index (κ1) is 19.0. The lowest BCUT2D eigenvalue weighted by Crippen LogP contribution is -2.47. The highest BCUT2D eigenvalue weighted by molar-refractivity contribution is 7.13. The first-order valence-corrected chi connectivity index (χ1v) is 8.41. The summed E-state index contributed by atoms with van der Waals surface area (Å²) in [6, 6.07) is 3.16. The van der Waals surface area contributed by atoms with Crippen LogP contribution in [-0.4, -0.2) is 60.5 Å². The van der Waals surface area contributed by atoms with E-state index < -0.39 is 18.0 Å². The second-order valence-electron chi connectivity index (χ2n) is 5.10. The van der Waals surface area contributed by atoms with Gasteiger partial charge in [0.2, 0.25) is 11.8 Å². The molecule has 2 aromatic rings.